The van der Waals surface area contributed by atoms with E-state index >= 15 is 0 Å². The Balaban J connectivity index is 1.74. The standard InChI is InChI=1S/C29H31ClN4O3/c1-33(2)13-14-34(3)18-19-7-10-23(11-8-19)31-28(21-6-4-5-20(15-21)16-26(35)36)27-24-12-9-22(30)17-25(24)32-29(27)37/h4-12,15,17,32,37H,13-14,16,18H2,1-3H3,(H,35,36). The number of hydrogen-bond acceptors (Lipinski definition) is 5. The molecule has 0 fully saturated rings. The number of H-pyrrole nitrogens is 1. The highest BCUT2D eigenvalue weighted by Crippen LogP contribution is 2.33. The molecule has 8 heteroatoms. The van der Waals surface area contributed by atoms with Gasteiger partial charge in [0, 0.05) is 35.6 Å². The van der Waals surface area contributed by atoms with E-state index < -0.39 is 5.97 Å². The van der Waals surface area contributed by atoms with Gasteiger partial charge in [-0.05, 0) is 62.6 Å². The van der Waals surface area contributed by atoms with Crippen LogP contribution in [0.1, 0.15) is 22.3 Å². The molecule has 0 unspecified atom stereocenters. The minimum Gasteiger partial charge on any atom is -0.494 e. The topological polar surface area (TPSA) is 92.2 Å². The van der Waals surface area contributed by atoms with E-state index in [0.717, 1.165) is 30.7 Å². The van der Waals surface area contributed by atoms with E-state index in [4.69, 9.17) is 16.6 Å². The van der Waals surface area contributed by atoms with Crippen molar-refractivity contribution in [2.24, 2.45) is 4.99 Å². The number of carboxylic acids is 1. The number of carbonyl (C=O) groups is 1. The SMILES string of the molecule is CN(C)CCN(C)Cc1ccc(N=C(c2cccc(CC(=O)O)c2)c2c(O)[nH]c3cc(Cl)ccc23)cc1. The van der Waals surface area contributed by atoms with Gasteiger partial charge < -0.3 is 25.0 Å². The van der Waals surface area contributed by atoms with Crippen LogP contribution in [-0.4, -0.2) is 70.9 Å². The van der Waals surface area contributed by atoms with E-state index in [-0.39, 0.29) is 12.3 Å². The number of nitrogens with zero attached hydrogens (tertiary/aromatic N) is 3. The summed E-state index contributed by atoms with van der Waals surface area (Å²) >= 11 is 6.17. The Morgan fingerprint density at radius 1 is 0.973 bits per heavy atom. The summed E-state index contributed by atoms with van der Waals surface area (Å²) in [5.74, 6) is -0.940. The van der Waals surface area contributed by atoms with Crippen LogP contribution in [0.15, 0.2) is 71.7 Å². The number of halogens is 1. The summed E-state index contributed by atoms with van der Waals surface area (Å²) in [6, 6.07) is 20.6. The number of aromatic hydroxyl groups is 1. The van der Waals surface area contributed by atoms with Crippen molar-refractivity contribution in [1.29, 1.82) is 0 Å². The maximum absolute atomic E-state index is 11.3. The Morgan fingerprint density at radius 3 is 2.43 bits per heavy atom. The van der Waals surface area contributed by atoms with Crippen LogP contribution in [0.5, 0.6) is 5.88 Å². The number of hydrogen-bond donors (Lipinski definition) is 3. The lowest BCUT2D eigenvalue weighted by Gasteiger charge is -2.19. The molecule has 0 saturated heterocycles. The second kappa shape index (κ2) is 11.6. The van der Waals surface area contributed by atoms with Gasteiger partial charge in [-0.1, -0.05) is 48.0 Å². The predicted octanol–water partition coefficient (Wildman–Crippen LogP) is 5.32. The summed E-state index contributed by atoms with van der Waals surface area (Å²) in [5.41, 5.74) is 5.01. The van der Waals surface area contributed by atoms with Crippen molar-refractivity contribution < 1.29 is 15.0 Å². The van der Waals surface area contributed by atoms with Gasteiger partial charge in [-0.15, -0.1) is 0 Å². The molecule has 0 aliphatic rings. The fraction of sp³-hybridized carbons (Fsp3) is 0.241. The summed E-state index contributed by atoms with van der Waals surface area (Å²) in [7, 11) is 6.23. The van der Waals surface area contributed by atoms with Gasteiger partial charge in [0.1, 0.15) is 0 Å². The summed E-state index contributed by atoms with van der Waals surface area (Å²) in [4.78, 5) is 23.7. The molecular weight excluding hydrogens is 488 g/mol. The van der Waals surface area contributed by atoms with E-state index in [1.807, 2.05) is 24.3 Å². The molecule has 37 heavy (non-hydrogen) atoms. The predicted molar refractivity (Wildman–Crippen MR) is 149 cm³/mol. The van der Waals surface area contributed by atoms with Gasteiger partial charge >= 0.3 is 5.97 Å². The molecule has 0 saturated carbocycles. The number of aromatic nitrogens is 1. The molecule has 0 radical (unpaired) electrons. The van der Waals surface area contributed by atoms with E-state index in [0.29, 0.717) is 32.9 Å². The van der Waals surface area contributed by atoms with Crippen LogP contribution in [0.3, 0.4) is 0 Å². The first-order valence-corrected chi connectivity index (χ1v) is 12.4. The smallest absolute Gasteiger partial charge is 0.307 e. The zero-order valence-corrected chi connectivity index (χ0v) is 22.0. The molecule has 0 bridgehead atoms. The largest absolute Gasteiger partial charge is 0.494 e. The van der Waals surface area contributed by atoms with Crippen molar-refractivity contribution in [2.45, 2.75) is 13.0 Å². The van der Waals surface area contributed by atoms with Gasteiger partial charge in [0.05, 0.1) is 28.9 Å². The molecule has 4 rings (SSSR count). The molecule has 3 N–H and O–H groups in total. The van der Waals surface area contributed by atoms with Gasteiger partial charge in [0.25, 0.3) is 0 Å². The number of benzene rings is 3. The summed E-state index contributed by atoms with van der Waals surface area (Å²) in [5, 5.41) is 21.5. The molecule has 4 aromatic rings. The Morgan fingerprint density at radius 2 is 1.73 bits per heavy atom. The van der Waals surface area contributed by atoms with Crippen LogP contribution in [0, 0.1) is 0 Å². The number of rotatable bonds is 10. The third kappa shape index (κ3) is 6.77. The number of aliphatic carboxylic acids is 1. The molecule has 0 amide bonds. The molecule has 1 aromatic heterocycles. The number of carboxylic acid groups (broad SMARTS) is 1. The average molecular weight is 519 g/mol. The average Bonchev–Trinajstić information content (AvgIpc) is 3.16. The van der Waals surface area contributed by atoms with Crippen molar-refractivity contribution in [3.8, 4) is 5.88 Å². The van der Waals surface area contributed by atoms with Crippen molar-refractivity contribution in [1.82, 2.24) is 14.8 Å². The summed E-state index contributed by atoms with van der Waals surface area (Å²) in [6.45, 7) is 2.78. The fourth-order valence-electron chi connectivity index (χ4n) is 4.23. The van der Waals surface area contributed by atoms with Gasteiger partial charge in [-0.3, -0.25) is 4.79 Å². The Bertz CT molecular complexity index is 1430. The van der Waals surface area contributed by atoms with E-state index in [9.17, 15) is 15.0 Å². The third-order valence-electron chi connectivity index (χ3n) is 6.09. The number of aromatic amines is 1. The van der Waals surface area contributed by atoms with Crippen LogP contribution in [0.4, 0.5) is 5.69 Å². The summed E-state index contributed by atoms with van der Waals surface area (Å²) in [6.07, 6.45) is -0.105. The minimum absolute atomic E-state index is 0.0289. The molecule has 3 aromatic carbocycles. The summed E-state index contributed by atoms with van der Waals surface area (Å²) < 4.78 is 0. The Labute approximate surface area is 221 Å². The molecule has 1 heterocycles. The quantitative estimate of drug-likeness (QED) is 0.247. The van der Waals surface area contributed by atoms with Gasteiger partial charge in [0.15, 0.2) is 5.88 Å². The van der Waals surface area contributed by atoms with E-state index in [1.54, 1.807) is 30.3 Å². The highest BCUT2D eigenvalue weighted by Gasteiger charge is 2.19. The fourth-order valence-corrected chi connectivity index (χ4v) is 4.40. The first-order chi connectivity index (χ1) is 17.7. The van der Waals surface area contributed by atoms with Crippen LogP contribution >= 0.6 is 11.6 Å². The van der Waals surface area contributed by atoms with E-state index in [2.05, 4.69) is 48.1 Å². The molecule has 192 valence electrons. The number of likely N-dealkylation sites (N-methyl/N-ethyl adjacent to an activating group) is 2. The van der Waals surface area contributed by atoms with Crippen LogP contribution in [0.2, 0.25) is 5.02 Å². The van der Waals surface area contributed by atoms with Crippen molar-refractivity contribution in [2.75, 3.05) is 34.2 Å². The number of nitrogens with one attached hydrogen (secondary N) is 1. The van der Waals surface area contributed by atoms with Crippen LogP contribution in [0.25, 0.3) is 10.9 Å². The lowest BCUT2D eigenvalue weighted by molar-refractivity contribution is -0.136. The monoisotopic (exact) mass is 518 g/mol. The minimum atomic E-state index is -0.911. The second-order valence-corrected chi connectivity index (χ2v) is 9.91. The highest BCUT2D eigenvalue weighted by molar-refractivity contribution is 6.31. The second-order valence-electron chi connectivity index (χ2n) is 9.48. The molecular formula is C29H31ClN4O3. The van der Waals surface area contributed by atoms with Gasteiger partial charge in [0.2, 0.25) is 0 Å². The molecule has 0 aliphatic heterocycles. The Hall–Kier alpha value is -3.65. The molecule has 0 aliphatic carbocycles. The third-order valence-corrected chi connectivity index (χ3v) is 6.33. The number of fused-ring (bicyclic) bond motifs is 1. The maximum atomic E-state index is 11.3. The van der Waals surface area contributed by atoms with Crippen molar-refractivity contribution in [3.05, 3.63) is 94.0 Å². The molecule has 0 atom stereocenters. The molecule has 0 spiro atoms. The molecule has 7 nitrogen and oxygen atoms in total. The maximum Gasteiger partial charge on any atom is 0.307 e. The van der Waals surface area contributed by atoms with Crippen LogP contribution < -0.4 is 0 Å². The highest BCUT2D eigenvalue weighted by atomic mass is 35.5. The van der Waals surface area contributed by atoms with Crippen molar-refractivity contribution >= 4 is 39.9 Å². The van der Waals surface area contributed by atoms with Crippen LogP contribution in [-0.2, 0) is 17.8 Å². The lowest BCUT2D eigenvalue weighted by atomic mass is 9.98. The van der Waals surface area contributed by atoms with E-state index in [1.165, 1.54) is 5.56 Å². The first-order valence-electron chi connectivity index (χ1n) is 12.0. The van der Waals surface area contributed by atoms with Gasteiger partial charge in [-0.25, -0.2) is 4.99 Å². The zero-order valence-electron chi connectivity index (χ0n) is 21.2. The number of aliphatic imine (C=N–C) groups is 1. The van der Waals surface area contributed by atoms with Gasteiger partial charge in [-0.2, -0.15) is 0 Å². The zero-order chi connectivity index (χ0) is 26.5. The first kappa shape index (κ1) is 26.4. The van der Waals surface area contributed by atoms with Crippen molar-refractivity contribution in [3.63, 3.8) is 0 Å². The Kier molecular flexibility index (Phi) is 8.28. The lowest BCUT2D eigenvalue weighted by Crippen LogP contribution is -2.28. The normalized spacial score (nSPS) is 12.1.